The number of morpholine rings is 1. The van der Waals surface area contributed by atoms with Gasteiger partial charge in [0.05, 0.1) is 25.3 Å². The lowest BCUT2D eigenvalue weighted by Gasteiger charge is -2.36. The third-order valence-corrected chi connectivity index (χ3v) is 3.77. The maximum Gasteiger partial charge on any atom is 0.318 e. The summed E-state index contributed by atoms with van der Waals surface area (Å²) < 4.78 is 5.44. The van der Waals surface area contributed by atoms with Crippen molar-refractivity contribution in [1.82, 2.24) is 15.2 Å². The van der Waals surface area contributed by atoms with Gasteiger partial charge in [0, 0.05) is 18.9 Å². The minimum atomic E-state index is 0.00353. The maximum atomic E-state index is 12.5. The van der Waals surface area contributed by atoms with Gasteiger partial charge in [-0.1, -0.05) is 13.8 Å². The highest BCUT2D eigenvalue weighted by molar-refractivity contribution is 5.75. The Morgan fingerprint density at radius 2 is 2.25 bits per heavy atom. The highest BCUT2D eigenvalue weighted by Crippen LogP contribution is 2.17. The zero-order valence-corrected chi connectivity index (χ0v) is 12.2. The Balaban J connectivity index is 2.01. The summed E-state index contributed by atoms with van der Waals surface area (Å²) in [5, 5.41) is 3.12. The Kier molecular flexibility index (Phi) is 5.35. The van der Waals surface area contributed by atoms with Gasteiger partial charge in [0.25, 0.3) is 0 Å². The summed E-state index contributed by atoms with van der Waals surface area (Å²) in [6, 6.07) is 4.12. The molecule has 20 heavy (non-hydrogen) atoms. The van der Waals surface area contributed by atoms with Crippen LogP contribution < -0.4 is 5.32 Å². The minimum absolute atomic E-state index is 0.00353. The molecule has 0 unspecified atom stereocenters. The van der Waals surface area contributed by atoms with Crippen LogP contribution in [0.15, 0.2) is 24.5 Å². The lowest BCUT2D eigenvalue weighted by molar-refractivity contribution is 0.0106. The third kappa shape index (κ3) is 3.48. The fourth-order valence-electron chi connectivity index (χ4n) is 2.51. The molecule has 0 aliphatic carbocycles. The monoisotopic (exact) mass is 277 g/mol. The van der Waals surface area contributed by atoms with Gasteiger partial charge in [-0.15, -0.1) is 0 Å². The van der Waals surface area contributed by atoms with Crippen molar-refractivity contribution in [3.05, 3.63) is 30.1 Å². The summed E-state index contributed by atoms with van der Waals surface area (Å²) >= 11 is 0. The Hall–Kier alpha value is -1.62. The molecule has 0 aromatic carbocycles. The van der Waals surface area contributed by atoms with E-state index < -0.39 is 0 Å². The second-order valence-electron chi connectivity index (χ2n) is 5.02. The molecule has 0 radical (unpaired) electrons. The number of hydrogen-bond acceptors (Lipinski definition) is 3. The summed E-state index contributed by atoms with van der Waals surface area (Å²) in [5.74, 6) is 0. The predicted octanol–water partition coefficient (Wildman–Crippen LogP) is 2.35. The Morgan fingerprint density at radius 1 is 1.50 bits per heavy atom. The Labute approximate surface area is 120 Å². The van der Waals surface area contributed by atoms with Crippen LogP contribution in [0.1, 0.15) is 38.3 Å². The maximum absolute atomic E-state index is 12.5. The number of nitrogens with one attached hydrogen (secondary N) is 1. The lowest BCUT2D eigenvalue weighted by atomic mass is 10.1. The first kappa shape index (κ1) is 14.8. The molecule has 1 saturated heterocycles. The van der Waals surface area contributed by atoms with E-state index in [0.29, 0.717) is 19.8 Å². The van der Waals surface area contributed by atoms with Crippen LogP contribution in [-0.4, -0.2) is 41.7 Å². The number of ether oxygens (including phenoxy) is 1. The molecule has 1 fully saturated rings. The third-order valence-electron chi connectivity index (χ3n) is 3.77. The summed E-state index contributed by atoms with van der Waals surface area (Å²) in [5.41, 5.74) is 1.09. The van der Waals surface area contributed by atoms with Gasteiger partial charge in [-0.2, -0.15) is 0 Å². The minimum Gasteiger partial charge on any atom is -0.377 e. The van der Waals surface area contributed by atoms with Crippen molar-refractivity contribution >= 4 is 6.03 Å². The number of carbonyl (C=O) groups is 1. The molecule has 0 bridgehead atoms. The van der Waals surface area contributed by atoms with Crippen molar-refractivity contribution in [1.29, 1.82) is 0 Å². The molecule has 2 heterocycles. The number of amides is 2. The normalized spacial score (nSPS) is 20.5. The van der Waals surface area contributed by atoms with Crippen LogP contribution in [0.25, 0.3) is 0 Å². The number of carbonyl (C=O) groups excluding carboxylic acids is 1. The molecule has 1 N–H and O–H groups in total. The molecule has 1 aromatic heterocycles. The summed E-state index contributed by atoms with van der Waals surface area (Å²) in [6.07, 6.45) is 5.29. The van der Waals surface area contributed by atoms with Crippen molar-refractivity contribution < 1.29 is 9.53 Å². The van der Waals surface area contributed by atoms with Gasteiger partial charge < -0.3 is 15.0 Å². The van der Waals surface area contributed by atoms with Gasteiger partial charge >= 0.3 is 6.03 Å². The van der Waals surface area contributed by atoms with Gasteiger partial charge in [0.2, 0.25) is 0 Å². The summed E-state index contributed by atoms with van der Waals surface area (Å²) in [4.78, 5) is 18.4. The quantitative estimate of drug-likeness (QED) is 0.919. The second-order valence-corrected chi connectivity index (χ2v) is 5.02. The molecule has 1 aromatic rings. The first-order chi connectivity index (χ1) is 9.76. The lowest BCUT2D eigenvalue weighted by Crippen LogP contribution is -2.52. The van der Waals surface area contributed by atoms with Crippen molar-refractivity contribution in [2.24, 2.45) is 0 Å². The molecular formula is C15H23N3O2. The molecule has 0 spiro atoms. The van der Waals surface area contributed by atoms with E-state index in [2.05, 4.69) is 24.1 Å². The average molecular weight is 277 g/mol. The number of aromatic nitrogens is 1. The van der Waals surface area contributed by atoms with E-state index in [1.165, 1.54) is 0 Å². The van der Waals surface area contributed by atoms with E-state index in [4.69, 9.17) is 4.74 Å². The zero-order chi connectivity index (χ0) is 14.4. The number of urea groups is 1. The van der Waals surface area contributed by atoms with E-state index in [1.807, 2.05) is 17.0 Å². The number of hydrogen-bond donors (Lipinski definition) is 1. The van der Waals surface area contributed by atoms with E-state index in [1.54, 1.807) is 12.4 Å². The van der Waals surface area contributed by atoms with Crippen molar-refractivity contribution in [2.45, 2.75) is 38.8 Å². The van der Waals surface area contributed by atoms with Crippen LogP contribution in [-0.2, 0) is 4.74 Å². The average Bonchev–Trinajstić information content (AvgIpc) is 2.53. The molecule has 5 nitrogen and oxygen atoms in total. The van der Waals surface area contributed by atoms with Gasteiger partial charge in [-0.05, 0) is 30.5 Å². The molecule has 110 valence electrons. The molecule has 2 rings (SSSR count). The molecule has 1 aliphatic heterocycles. The SMILES string of the molecule is CC[C@@H]1COCCN1C(=O)N[C@H](CC)c1ccncc1. The first-order valence-corrected chi connectivity index (χ1v) is 7.31. The van der Waals surface area contributed by atoms with Gasteiger partial charge in [0.15, 0.2) is 0 Å². The van der Waals surface area contributed by atoms with E-state index >= 15 is 0 Å². The summed E-state index contributed by atoms with van der Waals surface area (Å²) in [7, 11) is 0. The number of rotatable bonds is 4. The molecule has 0 saturated carbocycles. The number of pyridine rings is 1. The highest BCUT2D eigenvalue weighted by atomic mass is 16.5. The van der Waals surface area contributed by atoms with Crippen molar-refractivity contribution in [3.63, 3.8) is 0 Å². The summed E-state index contributed by atoms with van der Waals surface area (Å²) in [6.45, 7) is 6.07. The van der Waals surface area contributed by atoms with Crippen LogP contribution in [0, 0.1) is 0 Å². The Bertz CT molecular complexity index is 424. The highest BCUT2D eigenvalue weighted by Gasteiger charge is 2.27. The van der Waals surface area contributed by atoms with Crippen LogP contribution in [0.3, 0.4) is 0 Å². The van der Waals surface area contributed by atoms with Gasteiger partial charge in [-0.25, -0.2) is 4.79 Å². The number of nitrogens with zero attached hydrogens (tertiary/aromatic N) is 2. The second kappa shape index (κ2) is 7.24. The fraction of sp³-hybridized carbons (Fsp3) is 0.600. The van der Waals surface area contributed by atoms with E-state index in [-0.39, 0.29) is 18.1 Å². The Morgan fingerprint density at radius 3 is 2.90 bits per heavy atom. The standard InChI is InChI=1S/C15H23N3O2/c1-3-13-11-20-10-9-18(13)15(19)17-14(4-2)12-5-7-16-8-6-12/h5-8,13-14H,3-4,9-11H2,1-2H3,(H,17,19)/t13-,14-/m1/s1. The largest absolute Gasteiger partial charge is 0.377 e. The fourth-order valence-corrected chi connectivity index (χ4v) is 2.51. The van der Waals surface area contributed by atoms with Crippen LogP contribution in [0.5, 0.6) is 0 Å². The van der Waals surface area contributed by atoms with Gasteiger partial charge in [-0.3, -0.25) is 4.98 Å². The van der Waals surface area contributed by atoms with Crippen molar-refractivity contribution in [3.8, 4) is 0 Å². The molecular weight excluding hydrogens is 254 g/mol. The zero-order valence-electron chi connectivity index (χ0n) is 12.2. The first-order valence-electron chi connectivity index (χ1n) is 7.31. The molecule has 5 heteroatoms. The molecule has 2 amide bonds. The van der Waals surface area contributed by atoms with E-state index in [0.717, 1.165) is 18.4 Å². The van der Waals surface area contributed by atoms with Crippen LogP contribution >= 0.6 is 0 Å². The topological polar surface area (TPSA) is 54.5 Å². The molecule has 1 aliphatic rings. The van der Waals surface area contributed by atoms with Crippen molar-refractivity contribution in [2.75, 3.05) is 19.8 Å². The van der Waals surface area contributed by atoms with Crippen LogP contribution in [0.4, 0.5) is 4.79 Å². The predicted molar refractivity (Wildman–Crippen MR) is 77.4 cm³/mol. The molecule has 2 atom stereocenters. The van der Waals surface area contributed by atoms with Gasteiger partial charge in [0.1, 0.15) is 0 Å². The smallest absolute Gasteiger partial charge is 0.318 e. The van der Waals surface area contributed by atoms with Crippen LogP contribution in [0.2, 0.25) is 0 Å². The van der Waals surface area contributed by atoms with E-state index in [9.17, 15) is 4.79 Å².